The lowest BCUT2D eigenvalue weighted by molar-refractivity contribution is -0.439. The zero-order valence-electron chi connectivity index (χ0n) is 27.8. The van der Waals surface area contributed by atoms with E-state index in [4.69, 9.17) is 0 Å². The third kappa shape index (κ3) is 5.43. The van der Waals surface area contributed by atoms with Crippen molar-refractivity contribution in [3.63, 3.8) is 0 Å². The molecule has 0 saturated carbocycles. The maximum Gasteiger partial charge on any atom is 0.270 e. The van der Waals surface area contributed by atoms with E-state index in [1.807, 2.05) is 27.7 Å². The number of allylic oxidation sites excluding steroid dienone is 5. The fourth-order valence-corrected chi connectivity index (χ4v) is 6.70. The first-order chi connectivity index (χ1) is 21.5. The average Bonchev–Trinajstić information content (AvgIpc) is 3.33. The van der Waals surface area contributed by atoms with Gasteiger partial charge in [-0.05, 0) is 49.8 Å². The van der Waals surface area contributed by atoms with Crippen molar-refractivity contribution in [2.24, 2.45) is 11.8 Å². The van der Waals surface area contributed by atoms with Gasteiger partial charge in [-0.3, -0.25) is 25.0 Å². The van der Waals surface area contributed by atoms with Crippen LogP contribution in [0.2, 0.25) is 0 Å². The number of hydrogen-bond acceptors (Lipinski definition) is 7. The minimum Gasteiger partial charge on any atom is -0.871 e. The van der Waals surface area contributed by atoms with Crippen molar-refractivity contribution in [3.05, 3.63) is 103 Å². The molecule has 1 aliphatic carbocycles. The number of ketones is 1. The van der Waals surface area contributed by atoms with E-state index in [9.17, 15) is 30.1 Å². The smallest absolute Gasteiger partial charge is 0.270 e. The molecule has 0 N–H and O–H groups in total. The summed E-state index contributed by atoms with van der Waals surface area (Å²) >= 11 is 0. The zero-order chi connectivity index (χ0) is 33.9. The number of nitro groups is 2. The number of carbonyl (C=O) groups is 1. The average molecular weight is 627 g/mol. The molecular formula is C36H42N4O6. The van der Waals surface area contributed by atoms with E-state index in [1.165, 1.54) is 12.1 Å². The minimum atomic E-state index is -0.683. The number of non-ortho nitro benzene ring substituents is 2. The molecule has 2 aromatic carbocycles. The fraction of sp³-hybridized carbons (Fsp3) is 0.444. The number of carbonyl (C=O) groups excluding carboxylic acids is 1. The van der Waals surface area contributed by atoms with Gasteiger partial charge >= 0.3 is 0 Å². The van der Waals surface area contributed by atoms with Gasteiger partial charge in [-0.25, -0.2) is 0 Å². The molecule has 0 saturated heterocycles. The highest BCUT2D eigenvalue weighted by molar-refractivity contribution is 6.24. The second kappa shape index (κ2) is 11.6. The maximum atomic E-state index is 13.7. The van der Waals surface area contributed by atoms with Crippen LogP contribution in [0.15, 0.2) is 71.2 Å². The van der Waals surface area contributed by atoms with Gasteiger partial charge in [0.25, 0.3) is 11.4 Å². The number of benzene rings is 2. The molecule has 0 bridgehead atoms. The largest absolute Gasteiger partial charge is 0.871 e. The summed E-state index contributed by atoms with van der Waals surface area (Å²) in [5.41, 5.74) is 3.56. The van der Waals surface area contributed by atoms with Gasteiger partial charge in [0.15, 0.2) is 11.5 Å². The molecule has 10 heteroatoms. The Hall–Kier alpha value is -4.60. The van der Waals surface area contributed by atoms with Crippen LogP contribution in [-0.4, -0.2) is 39.0 Å². The summed E-state index contributed by atoms with van der Waals surface area (Å²) in [6.45, 7) is 17.6. The molecule has 0 unspecified atom stereocenters. The van der Waals surface area contributed by atoms with Crippen molar-refractivity contribution in [3.8, 4) is 0 Å². The van der Waals surface area contributed by atoms with Gasteiger partial charge in [0.2, 0.25) is 5.69 Å². The molecule has 46 heavy (non-hydrogen) atoms. The number of fused-ring (bicyclic) bond motifs is 2. The monoisotopic (exact) mass is 626 g/mol. The first-order valence-electron chi connectivity index (χ1n) is 15.9. The molecule has 2 aliphatic heterocycles. The van der Waals surface area contributed by atoms with Crippen LogP contribution in [0.25, 0.3) is 0 Å². The molecule has 3 aliphatic rings. The highest BCUT2D eigenvalue weighted by atomic mass is 16.6. The van der Waals surface area contributed by atoms with E-state index in [0.717, 1.165) is 46.8 Å². The number of anilines is 1. The topological polar surface area (TPSA) is 133 Å². The predicted molar refractivity (Wildman–Crippen MR) is 176 cm³/mol. The molecule has 0 amide bonds. The van der Waals surface area contributed by atoms with Crippen molar-refractivity contribution in [1.82, 2.24) is 0 Å². The molecule has 2 heterocycles. The summed E-state index contributed by atoms with van der Waals surface area (Å²) < 4.78 is 2.08. The molecule has 0 radical (unpaired) electrons. The van der Waals surface area contributed by atoms with Gasteiger partial charge in [-0.15, -0.1) is 0 Å². The maximum absolute atomic E-state index is 13.7. The molecule has 10 nitrogen and oxygen atoms in total. The lowest BCUT2D eigenvalue weighted by Gasteiger charge is -2.33. The summed E-state index contributed by atoms with van der Waals surface area (Å²) in [5, 5.41) is 36.9. The molecule has 5 rings (SSSR count). The van der Waals surface area contributed by atoms with Gasteiger partial charge in [0.05, 0.1) is 15.3 Å². The Morgan fingerprint density at radius 1 is 0.848 bits per heavy atom. The molecule has 242 valence electrons. The van der Waals surface area contributed by atoms with Crippen LogP contribution in [-0.2, 0) is 15.6 Å². The standard InChI is InChI=1S/C36H42N4O6/c1-21(2)13-15-37-29-11-9-23(39(43)44)17-27(29)35(5,6)31(37)19-25-33(41)26(34(25)42)20-32-36(7,8)28-18-24(40(45)46)10-12-30(28)38(32)16-14-22(3)4/h9-12,17-22H,13-16H2,1-8H3. The lowest BCUT2D eigenvalue weighted by Crippen LogP contribution is -2.35. The molecule has 2 aromatic rings. The third-order valence-electron chi connectivity index (χ3n) is 9.57. The number of hydrogen-bond donors (Lipinski definition) is 0. The lowest BCUT2D eigenvalue weighted by atomic mass is 9.77. The minimum absolute atomic E-state index is 0.00453. The van der Waals surface area contributed by atoms with Crippen molar-refractivity contribution in [2.75, 3.05) is 18.0 Å². The van der Waals surface area contributed by atoms with E-state index in [-0.39, 0.29) is 34.1 Å². The Balaban J connectivity index is 1.60. The molecule has 0 aromatic heterocycles. The Morgan fingerprint density at radius 2 is 1.43 bits per heavy atom. The Bertz CT molecular complexity index is 1790. The summed E-state index contributed by atoms with van der Waals surface area (Å²) in [4.78, 5) is 38.2. The number of nitrogens with zero attached hydrogens (tertiary/aromatic N) is 4. The normalized spacial score (nSPS) is 19.9. The molecule has 0 fully saturated rings. The highest BCUT2D eigenvalue weighted by Gasteiger charge is 2.47. The summed E-state index contributed by atoms with van der Waals surface area (Å²) in [7, 11) is 0. The molecule has 0 spiro atoms. The van der Waals surface area contributed by atoms with E-state index in [2.05, 4.69) is 37.2 Å². The summed E-state index contributed by atoms with van der Waals surface area (Å²) in [5.74, 6) is 0.0920. The van der Waals surface area contributed by atoms with E-state index in [0.29, 0.717) is 24.9 Å². The van der Waals surface area contributed by atoms with Gasteiger partial charge in [0.1, 0.15) is 6.54 Å². The van der Waals surface area contributed by atoms with Crippen molar-refractivity contribution in [2.45, 2.75) is 79.1 Å². The molecular weight excluding hydrogens is 584 g/mol. The second-order valence-corrected chi connectivity index (χ2v) is 14.4. The van der Waals surface area contributed by atoms with Crippen LogP contribution in [0.3, 0.4) is 0 Å². The van der Waals surface area contributed by atoms with Gasteiger partial charge in [0, 0.05) is 82.9 Å². The van der Waals surface area contributed by atoms with Gasteiger partial charge in [-0.2, -0.15) is 4.58 Å². The van der Waals surface area contributed by atoms with Crippen LogP contribution >= 0.6 is 0 Å². The summed E-state index contributed by atoms with van der Waals surface area (Å²) in [6, 6.07) is 9.67. The Labute approximate surface area is 269 Å². The van der Waals surface area contributed by atoms with Crippen molar-refractivity contribution in [1.29, 1.82) is 0 Å². The quantitative estimate of drug-likeness (QED) is 0.123. The summed E-state index contributed by atoms with van der Waals surface area (Å²) in [6.07, 6.45) is 5.05. The Morgan fingerprint density at radius 3 is 2.00 bits per heavy atom. The highest BCUT2D eigenvalue weighted by Crippen LogP contribution is 2.50. The van der Waals surface area contributed by atoms with Crippen LogP contribution in [0.5, 0.6) is 0 Å². The number of nitro benzene ring substituents is 2. The Kier molecular flexibility index (Phi) is 8.30. The van der Waals surface area contributed by atoms with E-state index >= 15 is 0 Å². The molecule has 0 atom stereocenters. The first kappa shape index (κ1) is 32.8. The van der Waals surface area contributed by atoms with Crippen LogP contribution in [0, 0.1) is 32.1 Å². The van der Waals surface area contributed by atoms with E-state index < -0.39 is 20.7 Å². The fourth-order valence-electron chi connectivity index (χ4n) is 6.70. The number of rotatable bonds is 10. The van der Waals surface area contributed by atoms with E-state index in [1.54, 1.807) is 36.4 Å². The van der Waals surface area contributed by atoms with Crippen molar-refractivity contribution >= 4 is 34.2 Å². The van der Waals surface area contributed by atoms with Crippen LogP contribution in [0.4, 0.5) is 22.7 Å². The van der Waals surface area contributed by atoms with Gasteiger partial charge in [-0.1, -0.05) is 47.3 Å². The van der Waals surface area contributed by atoms with Crippen LogP contribution < -0.4 is 10.0 Å². The third-order valence-corrected chi connectivity index (χ3v) is 9.57. The van der Waals surface area contributed by atoms with Crippen molar-refractivity contribution < 1.29 is 24.3 Å². The second-order valence-electron chi connectivity index (χ2n) is 14.4. The number of Topliss-reactive ketones (excluding diaryl/α,β-unsaturated/α-hetero) is 1. The zero-order valence-corrected chi connectivity index (χ0v) is 27.8. The SMILES string of the molecule is CC(C)CCN1/C(=C\C2=C([O-])C(=C\C3=[N+](CCC(C)C)c4ccc([N+](=O)[O-])cc4C3(C)C)/C2=O)C(C)(C)c2cc([N+](=O)[O-])ccc21. The van der Waals surface area contributed by atoms with Crippen LogP contribution in [0.1, 0.15) is 79.4 Å². The first-order valence-corrected chi connectivity index (χ1v) is 15.9. The predicted octanol–water partition coefficient (Wildman–Crippen LogP) is 6.78. The van der Waals surface area contributed by atoms with Gasteiger partial charge < -0.3 is 10.0 Å².